The number of carboxylic acids is 1. The maximum Gasteiger partial charge on any atom is 0.328 e. The minimum absolute atomic E-state index is 0.374. The number of nitrogens with one attached hydrogen (secondary N) is 2. The number of carboxylic acid groups (broad SMARTS) is 1. The van der Waals surface area contributed by atoms with Crippen molar-refractivity contribution in [3.8, 4) is 6.07 Å². The Hall–Kier alpha value is -2.11. The summed E-state index contributed by atoms with van der Waals surface area (Å²) in [5, 5.41) is 30.6. The Labute approximate surface area is 117 Å². The number of urea groups is 1. The van der Waals surface area contributed by atoms with Crippen LogP contribution < -0.4 is 10.6 Å². The molecule has 0 fully saturated rings. The molecule has 0 aliphatic rings. The number of nitrogens with zero attached hydrogens (tertiary/aromatic N) is 1. The van der Waals surface area contributed by atoms with E-state index in [0.717, 1.165) is 0 Å². The summed E-state index contributed by atoms with van der Waals surface area (Å²) < 4.78 is 0.484. The van der Waals surface area contributed by atoms with Crippen LogP contribution in [0.15, 0.2) is 22.7 Å². The van der Waals surface area contributed by atoms with Crippen molar-refractivity contribution >= 4 is 33.6 Å². The average molecular weight is 328 g/mol. The first-order chi connectivity index (χ1) is 8.97. The Morgan fingerprint density at radius 3 is 2.63 bits per heavy atom. The Balaban J connectivity index is 2.72. The van der Waals surface area contributed by atoms with Gasteiger partial charge in [-0.2, -0.15) is 5.26 Å². The number of benzene rings is 1. The molecule has 100 valence electrons. The van der Waals surface area contributed by atoms with E-state index in [2.05, 4.69) is 26.6 Å². The molecule has 1 atom stereocenters. The quantitative estimate of drug-likeness (QED) is 0.654. The molecule has 1 aromatic carbocycles. The summed E-state index contributed by atoms with van der Waals surface area (Å²) in [7, 11) is 0. The van der Waals surface area contributed by atoms with Gasteiger partial charge in [-0.25, -0.2) is 9.59 Å². The van der Waals surface area contributed by atoms with Gasteiger partial charge in [0.1, 0.15) is 0 Å². The molecule has 7 nitrogen and oxygen atoms in total. The van der Waals surface area contributed by atoms with E-state index in [9.17, 15) is 9.59 Å². The molecule has 0 radical (unpaired) electrons. The molecular formula is C11H10BrN3O4. The van der Waals surface area contributed by atoms with Gasteiger partial charge < -0.3 is 20.8 Å². The van der Waals surface area contributed by atoms with Crippen molar-refractivity contribution in [2.24, 2.45) is 0 Å². The number of aliphatic hydroxyl groups excluding tert-OH is 1. The second-order valence-electron chi connectivity index (χ2n) is 3.48. The summed E-state index contributed by atoms with van der Waals surface area (Å²) in [5.41, 5.74) is 0.787. The summed E-state index contributed by atoms with van der Waals surface area (Å²) in [6.07, 6.45) is 0. The number of anilines is 1. The highest BCUT2D eigenvalue weighted by Crippen LogP contribution is 2.23. The lowest BCUT2D eigenvalue weighted by Crippen LogP contribution is -2.45. The van der Waals surface area contributed by atoms with E-state index in [1.807, 2.05) is 6.07 Å². The summed E-state index contributed by atoms with van der Waals surface area (Å²) in [6.45, 7) is -0.711. The van der Waals surface area contributed by atoms with Crippen LogP contribution in [0.25, 0.3) is 0 Å². The average Bonchev–Trinajstić information content (AvgIpc) is 2.37. The number of amides is 2. The van der Waals surface area contributed by atoms with Crippen LogP contribution in [0.1, 0.15) is 5.56 Å². The van der Waals surface area contributed by atoms with Crippen molar-refractivity contribution in [1.82, 2.24) is 5.32 Å². The van der Waals surface area contributed by atoms with Crippen molar-refractivity contribution in [2.75, 3.05) is 11.9 Å². The van der Waals surface area contributed by atoms with Crippen LogP contribution in [0.2, 0.25) is 0 Å². The van der Waals surface area contributed by atoms with Crippen LogP contribution in [0.5, 0.6) is 0 Å². The van der Waals surface area contributed by atoms with Gasteiger partial charge in [0, 0.05) is 4.47 Å². The predicted octanol–water partition coefficient (Wildman–Crippen LogP) is 0.888. The van der Waals surface area contributed by atoms with Crippen LogP contribution >= 0.6 is 15.9 Å². The molecule has 0 saturated carbocycles. The maximum absolute atomic E-state index is 11.5. The molecule has 2 amide bonds. The van der Waals surface area contributed by atoms with Gasteiger partial charge in [0.2, 0.25) is 0 Å². The maximum atomic E-state index is 11.5. The van der Waals surface area contributed by atoms with Crippen LogP contribution in [0.4, 0.5) is 10.5 Å². The van der Waals surface area contributed by atoms with Gasteiger partial charge in [-0.1, -0.05) is 0 Å². The van der Waals surface area contributed by atoms with Gasteiger partial charge in [0.05, 0.1) is 23.9 Å². The lowest BCUT2D eigenvalue weighted by atomic mass is 10.2. The summed E-state index contributed by atoms with van der Waals surface area (Å²) >= 11 is 3.17. The fourth-order valence-corrected chi connectivity index (χ4v) is 1.67. The fraction of sp³-hybridized carbons (Fsp3) is 0.182. The van der Waals surface area contributed by atoms with E-state index in [1.165, 1.54) is 18.2 Å². The third-order valence-electron chi connectivity index (χ3n) is 2.13. The number of nitriles is 1. The molecule has 4 N–H and O–H groups in total. The minimum Gasteiger partial charge on any atom is -0.480 e. The second-order valence-corrected chi connectivity index (χ2v) is 4.33. The molecule has 0 bridgehead atoms. The number of carbonyl (C=O) groups excluding carboxylic acids is 1. The molecule has 0 heterocycles. The molecule has 0 unspecified atom stereocenters. The normalized spacial score (nSPS) is 11.2. The third-order valence-corrected chi connectivity index (χ3v) is 2.79. The standard InChI is InChI=1S/C11H10BrN3O4/c12-7-3-6(4-13)1-2-8(7)14-11(19)15-9(5-16)10(17)18/h1-3,9,16H,5H2,(H,17,18)(H2,14,15,19)/t9-/m1/s1. The number of halogens is 1. The topological polar surface area (TPSA) is 122 Å². The van der Waals surface area contributed by atoms with Crippen LogP contribution in [-0.4, -0.2) is 34.9 Å². The molecule has 1 aromatic rings. The second kappa shape index (κ2) is 6.72. The smallest absolute Gasteiger partial charge is 0.328 e. The van der Waals surface area contributed by atoms with E-state index >= 15 is 0 Å². The molecule has 0 spiro atoms. The molecular weight excluding hydrogens is 318 g/mol. The highest BCUT2D eigenvalue weighted by atomic mass is 79.9. The van der Waals surface area contributed by atoms with Crippen molar-refractivity contribution in [3.63, 3.8) is 0 Å². The van der Waals surface area contributed by atoms with Crippen molar-refractivity contribution < 1.29 is 19.8 Å². The molecule has 0 aliphatic heterocycles. The van der Waals surface area contributed by atoms with Crippen molar-refractivity contribution in [3.05, 3.63) is 28.2 Å². The first-order valence-electron chi connectivity index (χ1n) is 5.08. The largest absolute Gasteiger partial charge is 0.480 e. The molecule has 0 aromatic heterocycles. The first kappa shape index (κ1) is 14.9. The highest BCUT2D eigenvalue weighted by molar-refractivity contribution is 9.10. The Kier molecular flexibility index (Phi) is 5.29. The predicted molar refractivity (Wildman–Crippen MR) is 69.5 cm³/mol. The van der Waals surface area contributed by atoms with E-state index < -0.39 is 24.6 Å². The minimum atomic E-state index is -1.38. The highest BCUT2D eigenvalue weighted by Gasteiger charge is 2.18. The van der Waals surface area contributed by atoms with Gasteiger partial charge >= 0.3 is 12.0 Å². The summed E-state index contributed by atoms with van der Waals surface area (Å²) in [4.78, 5) is 22.1. The lowest BCUT2D eigenvalue weighted by molar-refractivity contribution is -0.140. The Bertz CT molecular complexity index is 541. The van der Waals surface area contributed by atoms with Gasteiger partial charge in [0.15, 0.2) is 6.04 Å². The summed E-state index contributed by atoms with van der Waals surface area (Å²) in [5.74, 6) is -1.34. The Morgan fingerprint density at radius 1 is 1.47 bits per heavy atom. The van der Waals surface area contributed by atoms with Crippen LogP contribution in [0, 0.1) is 11.3 Å². The molecule has 0 aliphatic carbocycles. The van der Waals surface area contributed by atoms with Crippen LogP contribution in [-0.2, 0) is 4.79 Å². The fourth-order valence-electron chi connectivity index (χ4n) is 1.19. The Morgan fingerprint density at radius 2 is 2.16 bits per heavy atom. The lowest BCUT2D eigenvalue weighted by Gasteiger charge is -2.13. The first-order valence-corrected chi connectivity index (χ1v) is 5.88. The van der Waals surface area contributed by atoms with Crippen molar-refractivity contribution in [1.29, 1.82) is 5.26 Å². The van der Waals surface area contributed by atoms with E-state index in [-0.39, 0.29) is 0 Å². The SMILES string of the molecule is N#Cc1ccc(NC(=O)N[C@H](CO)C(=O)O)c(Br)c1. The number of aliphatic hydroxyl groups is 1. The molecule has 1 rings (SSSR count). The van der Waals surface area contributed by atoms with Gasteiger partial charge in [-0.05, 0) is 34.1 Å². The van der Waals surface area contributed by atoms with Crippen LogP contribution in [0.3, 0.4) is 0 Å². The van der Waals surface area contributed by atoms with E-state index in [4.69, 9.17) is 15.5 Å². The molecule has 19 heavy (non-hydrogen) atoms. The van der Waals surface area contributed by atoms with Gasteiger partial charge in [-0.3, -0.25) is 0 Å². The third kappa shape index (κ3) is 4.24. The number of hydrogen-bond acceptors (Lipinski definition) is 4. The zero-order valence-corrected chi connectivity index (χ0v) is 11.1. The zero-order chi connectivity index (χ0) is 14.4. The monoisotopic (exact) mass is 327 g/mol. The van der Waals surface area contributed by atoms with E-state index in [0.29, 0.717) is 15.7 Å². The number of rotatable bonds is 4. The van der Waals surface area contributed by atoms with Gasteiger partial charge in [-0.15, -0.1) is 0 Å². The van der Waals surface area contributed by atoms with Gasteiger partial charge in [0.25, 0.3) is 0 Å². The van der Waals surface area contributed by atoms with Crippen molar-refractivity contribution in [2.45, 2.75) is 6.04 Å². The number of hydrogen-bond donors (Lipinski definition) is 4. The molecule has 8 heteroatoms. The van der Waals surface area contributed by atoms with E-state index in [1.54, 1.807) is 0 Å². The molecule has 0 saturated heterocycles. The summed E-state index contributed by atoms with van der Waals surface area (Å²) in [6, 6.07) is 4.29. The number of carbonyl (C=O) groups is 2. The number of aliphatic carboxylic acids is 1. The zero-order valence-electron chi connectivity index (χ0n) is 9.55.